The molecule has 1 aromatic heterocycles. The molecular weight excluding hydrogens is 286 g/mol. The monoisotopic (exact) mass is 301 g/mol. The number of phenols is 2. The van der Waals surface area contributed by atoms with Gasteiger partial charge in [-0.25, -0.2) is 0 Å². The van der Waals surface area contributed by atoms with Crippen LogP contribution in [0, 0.1) is 6.92 Å². The Morgan fingerprint density at radius 2 is 1.39 bits per heavy atom. The predicted molar refractivity (Wildman–Crippen MR) is 92.8 cm³/mol. The van der Waals surface area contributed by atoms with Crippen LogP contribution in [0.1, 0.15) is 5.56 Å². The first-order valence-electron chi connectivity index (χ1n) is 7.43. The van der Waals surface area contributed by atoms with Crippen molar-refractivity contribution < 1.29 is 10.2 Å². The molecule has 3 heteroatoms. The number of aromatic nitrogens is 1. The molecule has 0 bridgehead atoms. The first-order chi connectivity index (χ1) is 11.1. The van der Waals surface area contributed by atoms with Crippen LogP contribution in [0.5, 0.6) is 11.5 Å². The summed E-state index contributed by atoms with van der Waals surface area (Å²) >= 11 is 0. The molecule has 2 N–H and O–H groups in total. The zero-order valence-corrected chi connectivity index (χ0v) is 12.6. The van der Waals surface area contributed by atoms with Gasteiger partial charge in [0.1, 0.15) is 11.5 Å². The standard InChI is InChI=1S/C20H15NO2/c1-12-2-5-15-13(10-12)3-6-17(22)19(15)20-16-8-9-21-11-14(16)4-7-18(20)23/h2-11,22-23H,1H3. The van der Waals surface area contributed by atoms with Gasteiger partial charge in [0.2, 0.25) is 0 Å². The minimum Gasteiger partial charge on any atom is -0.507 e. The Morgan fingerprint density at radius 1 is 0.739 bits per heavy atom. The van der Waals surface area contributed by atoms with Crippen molar-refractivity contribution in [2.24, 2.45) is 0 Å². The zero-order chi connectivity index (χ0) is 16.0. The van der Waals surface area contributed by atoms with E-state index in [2.05, 4.69) is 11.1 Å². The average Bonchev–Trinajstić information content (AvgIpc) is 2.56. The van der Waals surface area contributed by atoms with Crippen LogP contribution in [-0.2, 0) is 0 Å². The Balaban J connectivity index is 2.19. The lowest BCUT2D eigenvalue weighted by molar-refractivity contribution is 0.470. The Bertz CT molecular complexity index is 1050. The van der Waals surface area contributed by atoms with Gasteiger partial charge in [-0.1, -0.05) is 29.8 Å². The smallest absolute Gasteiger partial charge is 0.124 e. The summed E-state index contributed by atoms with van der Waals surface area (Å²) in [4.78, 5) is 4.13. The van der Waals surface area contributed by atoms with Crippen molar-refractivity contribution in [3.8, 4) is 22.6 Å². The summed E-state index contributed by atoms with van der Waals surface area (Å²) in [5.74, 6) is 0.299. The zero-order valence-electron chi connectivity index (χ0n) is 12.6. The number of nitrogens with zero attached hydrogens (tertiary/aromatic N) is 1. The van der Waals surface area contributed by atoms with E-state index >= 15 is 0 Å². The van der Waals surface area contributed by atoms with E-state index in [4.69, 9.17) is 0 Å². The van der Waals surface area contributed by atoms with E-state index in [0.717, 1.165) is 27.1 Å². The van der Waals surface area contributed by atoms with Gasteiger partial charge in [-0.3, -0.25) is 4.98 Å². The van der Waals surface area contributed by atoms with Crippen molar-refractivity contribution in [3.05, 3.63) is 66.5 Å². The Morgan fingerprint density at radius 3 is 2.13 bits per heavy atom. The van der Waals surface area contributed by atoms with Gasteiger partial charge in [0.15, 0.2) is 0 Å². The quantitative estimate of drug-likeness (QED) is 0.532. The number of benzene rings is 3. The van der Waals surface area contributed by atoms with Gasteiger partial charge in [0.05, 0.1) is 0 Å². The maximum absolute atomic E-state index is 10.5. The van der Waals surface area contributed by atoms with Gasteiger partial charge in [-0.15, -0.1) is 0 Å². The fourth-order valence-corrected chi connectivity index (χ4v) is 3.12. The number of hydrogen-bond donors (Lipinski definition) is 2. The summed E-state index contributed by atoms with van der Waals surface area (Å²) in [5, 5.41) is 24.7. The molecule has 0 amide bonds. The van der Waals surface area contributed by atoms with Gasteiger partial charge in [-0.05, 0) is 47.3 Å². The molecule has 0 saturated heterocycles. The Hall–Kier alpha value is -3.07. The number of phenolic OH excluding ortho intramolecular Hbond substituents is 2. The molecule has 0 aliphatic heterocycles. The molecule has 112 valence electrons. The van der Waals surface area contributed by atoms with Crippen molar-refractivity contribution >= 4 is 21.5 Å². The van der Waals surface area contributed by atoms with E-state index in [1.165, 1.54) is 0 Å². The first-order valence-corrected chi connectivity index (χ1v) is 7.43. The van der Waals surface area contributed by atoms with Gasteiger partial charge in [0, 0.05) is 28.9 Å². The minimum atomic E-state index is 0.145. The number of fused-ring (bicyclic) bond motifs is 2. The molecule has 3 nitrogen and oxygen atoms in total. The molecule has 3 aromatic carbocycles. The second-order valence-corrected chi connectivity index (χ2v) is 5.74. The minimum absolute atomic E-state index is 0.145. The third kappa shape index (κ3) is 2.09. The summed E-state index contributed by atoms with van der Waals surface area (Å²) < 4.78 is 0. The van der Waals surface area contributed by atoms with Gasteiger partial charge in [0.25, 0.3) is 0 Å². The lowest BCUT2D eigenvalue weighted by Crippen LogP contribution is -1.88. The van der Waals surface area contributed by atoms with E-state index in [1.54, 1.807) is 24.5 Å². The molecule has 0 spiro atoms. The van der Waals surface area contributed by atoms with Crippen LogP contribution in [0.2, 0.25) is 0 Å². The molecule has 0 unspecified atom stereocenters. The number of hydrogen-bond acceptors (Lipinski definition) is 3. The average molecular weight is 301 g/mol. The number of rotatable bonds is 1. The summed E-state index contributed by atoms with van der Waals surface area (Å²) in [5.41, 5.74) is 2.44. The van der Waals surface area contributed by atoms with Crippen LogP contribution >= 0.6 is 0 Å². The Kier molecular flexibility index (Phi) is 2.95. The van der Waals surface area contributed by atoms with Crippen LogP contribution in [0.15, 0.2) is 60.9 Å². The molecule has 0 atom stereocenters. The molecule has 0 aliphatic carbocycles. The highest BCUT2D eigenvalue weighted by atomic mass is 16.3. The highest BCUT2D eigenvalue weighted by molar-refractivity contribution is 6.09. The van der Waals surface area contributed by atoms with Crippen molar-refractivity contribution in [1.29, 1.82) is 0 Å². The molecule has 1 heterocycles. The van der Waals surface area contributed by atoms with Gasteiger partial charge in [-0.2, -0.15) is 0 Å². The number of pyridine rings is 1. The van der Waals surface area contributed by atoms with E-state index in [9.17, 15) is 10.2 Å². The molecule has 4 aromatic rings. The SMILES string of the molecule is Cc1ccc2c(-c3c(O)ccc4cnccc34)c(O)ccc2c1. The van der Waals surface area contributed by atoms with Crippen molar-refractivity contribution in [2.45, 2.75) is 6.92 Å². The normalized spacial score (nSPS) is 11.2. The summed E-state index contributed by atoms with van der Waals surface area (Å²) in [6, 6.07) is 15.0. The summed E-state index contributed by atoms with van der Waals surface area (Å²) in [6.45, 7) is 2.03. The summed E-state index contributed by atoms with van der Waals surface area (Å²) in [6.07, 6.45) is 3.45. The van der Waals surface area contributed by atoms with Crippen LogP contribution in [0.3, 0.4) is 0 Å². The predicted octanol–water partition coefficient (Wildman–Crippen LogP) is 4.77. The van der Waals surface area contributed by atoms with E-state index in [1.807, 2.05) is 37.3 Å². The first kappa shape index (κ1) is 13.6. The number of aryl methyl sites for hydroxylation is 1. The maximum atomic E-state index is 10.5. The maximum Gasteiger partial charge on any atom is 0.124 e. The third-order valence-corrected chi connectivity index (χ3v) is 4.20. The van der Waals surface area contributed by atoms with Crippen molar-refractivity contribution in [1.82, 2.24) is 4.98 Å². The summed E-state index contributed by atoms with van der Waals surface area (Å²) in [7, 11) is 0. The van der Waals surface area contributed by atoms with Gasteiger partial charge < -0.3 is 10.2 Å². The highest BCUT2D eigenvalue weighted by Crippen LogP contribution is 2.44. The van der Waals surface area contributed by atoms with Crippen LogP contribution < -0.4 is 0 Å². The number of aromatic hydroxyl groups is 2. The van der Waals surface area contributed by atoms with Crippen LogP contribution in [-0.4, -0.2) is 15.2 Å². The van der Waals surface area contributed by atoms with E-state index in [0.29, 0.717) is 11.1 Å². The molecule has 0 aliphatic rings. The molecule has 23 heavy (non-hydrogen) atoms. The van der Waals surface area contributed by atoms with Gasteiger partial charge >= 0.3 is 0 Å². The fourth-order valence-electron chi connectivity index (χ4n) is 3.12. The van der Waals surface area contributed by atoms with Crippen molar-refractivity contribution in [2.75, 3.05) is 0 Å². The fraction of sp³-hybridized carbons (Fsp3) is 0.0500. The highest BCUT2D eigenvalue weighted by Gasteiger charge is 2.16. The second kappa shape index (κ2) is 4.99. The van der Waals surface area contributed by atoms with Crippen LogP contribution in [0.4, 0.5) is 0 Å². The van der Waals surface area contributed by atoms with Crippen LogP contribution in [0.25, 0.3) is 32.7 Å². The lowest BCUT2D eigenvalue weighted by Gasteiger charge is -2.14. The van der Waals surface area contributed by atoms with Crippen molar-refractivity contribution in [3.63, 3.8) is 0 Å². The second-order valence-electron chi connectivity index (χ2n) is 5.74. The molecule has 0 fully saturated rings. The van der Waals surface area contributed by atoms with E-state index in [-0.39, 0.29) is 11.5 Å². The third-order valence-electron chi connectivity index (χ3n) is 4.20. The lowest BCUT2D eigenvalue weighted by atomic mass is 9.92. The molecule has 4 rings (SSSR count). The Labute approximate surface area is 133 Å². The largest absolute Gasteiger partial charge is 0.507 e. The van der Waals surface area contributed by atoms with E-state index < -0.39 is 0 Å². The molecular formula is C20H15NO2. The molecule has 0 saturated carbocycles. The topological polar surface area (TPSA) is 53.4 Å². The molecule has 0 radical (unpaired) electrons.